The summed E-state index contributed by atoms with van der Waals surface area (Å²) >= 11 is 0. The van der Waals surface area contributed by atoms with Crippen molar-refractivity contribution in [2.45, 2.75) is 24.9 Å². The fourth-order valence-corrected chi connectivity index (χ4v) is 3.17. The molecule has 186 valence electrons. The van der Waals surface area contributed by atoms with Gasteiger partial charge in [0.2, 0.25) is 5.91 Å². The summed E-state index contributed by atoms with van der Waals surface area (Å²) in [6.45, 7) is 0.736. The Labute approximate surface area is 200 Å². The maximum Gasteiger partial charge on any atom is 0.335 e. The third-order valence-corrected chi connectivity index (χ3v) is 4.80. The van der Waals surface area contributed by atoms with E-state index in [-0.39, 0.29) is 16.9 Å². The molecule has 2 aromatic rings. The van der Waals surface area contributed by atoms with Crippen molar-refractivity contribution in [2.75, 3.05) is 23.3 Å². The van der Waals surface area contributed by atoms with E-state index in [1.807, 2.05) is 0 Å². The number of carboxylic acids is 2. The van der Waals surface area contributed by atoms with Gasteiger partial charge in [0.1, 0.15) is 0 Å². The Bertz CT molecular complexity index is 1080. The number of carbonyl (C=O) groups excluding carboxylic acids is 3. The summed E-state index contributed by atoms with van der Waals surface area (Å²) in [6.07, 6.45) is -0.193. The monoisotopic (exact) mass is 485 g/mol. The van der Waals surface area contributed by atoms with Crippen molar-refractivity contribution in [1.29, 1.82) is 0 Å². The third-order valence-electron chi connectivity index (χ3n) is 4.80. The van der Waals surface area contributed by atoms with E-state index in [9.17, 15) is 29.1 Å². The maximum atomic E-state index is 13.3. The van der Waals surface area contributed by atoms with Crippen LogP contribution in [0.15, 0.2) is 54.6 Å². The molecule has 2 aromatic carbocycles. The highest BCUT2D eigenvalue weighted by Crippen LogP contribution is 2.22. The number of amides is 3. The van der Waals surface area contributed by atoms with Crippen LogP contribution in [0.5, 0.6) is 0 Å². The van der Waals surface area contributed by atoms with Gasteiger partial charge in [-0.1, -0.05) is 30.3 Å². The molecule has 8 N–H and O–H groups in total. The maximum absolute atomic E-state index is 13.3. The summed E-state index contributed by atoms with van der Waals surface area (Å²) in [6, 6.07) is 8.83. The van der Waals surface area contributed by atoms with Gasteiger partial charge in [-0.05, 0) is 37.2 Å². The molecule has 0 heterocycles. The van der Waals surface area contributed by atoms with Gasteiger partial charge in [0.25, 0.3) is 0 Å². The zero-order chi connectivity index (χ0) is 26.0. The molecule has 2 atom stereocenters. The van der Waals surface area contributed by atoms with E-state index in [2.05, 4.69) is 10.6 Å². The molecule has 0 bridgehead atoms. The molecule has 0 radical (unpaired) electrons. The van der Waals surface area contributed by atoms with Crippen LogP contribution < -0.4 is 27.0 Å². The number of benzene rings is 2. The first kappa shape index (κ1) is 27.0. The van der Waals surface area contributed by atoms with Crippen molar-refractivity contribution in [3.63, 3.8) is 0 Å². The first-order valence-corrected chi connectivity index (χ1v) is 10.6. The molecule has 0 aliphatic rings. The Kier molecular flexibility index (Phi) is 9.87. The van der Waals surface area contributed by atoms with E-state index in [0.717, 1.165) is 0 Å². The van der Waals surface area contributed by atoms with Gasteiger partial charge in [-0.3, -0.25) is 19.3 Å². The Morgan fingerprint density at radius 2 is 1.66 bits per heavy atom. The largest absolute Gasteiger partial charge is 0.481 e. The van der Waals surface area contributed by atoms with E-state index in [0.29, 0.717) is 24.4 Å². The number of carbonyl (C=O) groups is 5. The lowest BCUT2D eigenvalue weighted by Gasteiger charge is -2.30. The number of nitrogens with two attached hydrogens (primary N) is 2. The summed E-state index contributed by atoms with van der Waals surface area (Å²) in [4.78, 5) is 62.3. The quantitative estimate of drug-likeness (QED) is 0.141. The van der Waals surface area contributed by atoms with Crippen molar-refractivity contribution in [2.24, 2.45) is 11.5 Å². The van der Waals surface area contributed by atoms with Crippen LogP contribution in [0.3, 0.4) is 0 Å². The normalized spacial score (nSPS) is 12.2. The Hall–Kier alpha value is -4.29. The summed E-state index contributed by atoms with van der Waals surface area (Å²) in [5.41, 5.74) is 11.3. The number of aliphatic carboxylic acids is 2. The Morgan fingerprint density at radius 3 is 2.26 bits per heavy atom. The first-order chi connectivity index (χ1) is 16.6. The molecule has 0 spiro atoms. The van der Waals surface area contributed by atoms with Gasteiger partial charge in [0, 0.05) is 23.5 Å². The van der Waals surface area contributed by atoms with Crippen LogP contribution in [-0.2, 0) is 14.4 Å². The van der Waals surface area contributed by atoms with Gasteiger partial charge < -0.3 is 32.3 Å². The lowest BCUT2D eigenvalue weighted by Crippen LogP contribution is -2.55. The fourth-order valence-electron chi connectivity index (χ4n) is 3.17. The van der Waals surface area contributed by atoms with E-state index in [4.69, 9.17) is 16.6 Å². The second-order valence-corrected chi connectivity index (χ2v) is 7.46. The van der Waals surface area contributed by atoms with Crippen molar-refractivity contribution in [3.8, 4) is 0 Å². The number of para-hydroxylation sites is 1. The van der Waals surface area contributed by atoms with Crippen molar-refractivity contribution in [3.05, 3.63) is 60.2 Å². The molecule has 12 heteroatoms. The molecule has 0 saturated heterocycles. The molecule has 12 nitrogen and oxygen atoms in total. The van der Waals surface area contributed by atoms with Gasteiger partial charge in [0.05, 0.1) is 12.5 Å². The molecule has 0 aromatic heterocycles. The summed E-state index contributed by atoms with van der Waals surface area (Å²) in [5, 5.41) is 24.0. The van der Waals surface area contributed by atoms with Crippen LogP contribution in [0.25, 0.3) is 0 Å². The number of nitrogens with one attached hydrogen (secondary N) is 2. The highest BCUT2D eigenvalue weighted by atomic mass is 16.4. The second-order valence-electron chi connectivity index (χ2n) is 7.46. The molecule has 0 unspecified atom stereocenters. The van der Waals surface area contributed by atoms with Gasteiger partial charge >= 0.3 is 18.0 Å². The molecule has 0 saturated carbocycles. The van der Waals surface area contributed by atoms with E-state index in [1.165, 1.54) is 48.5 Å². The fraction of sp³-hybridized carbons (Fsp3) is 0.261. The molecule has 0 aliphatic heterocycles. The lowest BCUT2D eigenvalue weighted by atomic mass is 10.00. The predicted molar refractivity (Wildman–Crippen MR) is 127 cm³/mol. The van der Waals surface area contributed by atoms with Gasteiger partial charge in [-0.15, -0.1) is 0 Å². The minimum atomic E-state index is -2.04. The van der Waals surface area contributed by atoms with Crippen LogP contribution >= 0.6 is 0 Å². The zero-order valence-corrected chi connectivity index (χ0v) is 18.7. The van der Waals surface area contributed by atoms with Crippen molar-refractivity contribution < 1.29 is 34.2 Å². The second kappa shape index (κ2) is 12.8. The highest BCUT2D eigenvalue weighted by Gasteiger charge is 2.39. The van der Waals surface area contributed by atoms with E-state index >= 15 is 0 Å². The predicted octanol–water partition coefficient (Wildman–Crippen LogP) is 0.628. The van der Waals surface area contributed by atoms with Gasteiger partial charge in [0.15, 0.2) is 11.8 Å². The SMILES string of the molecule is NCCCNC(=O)Nc1cccc(C(=O)[C@@H](C(=O)O)N(C(=O)[C@@H](N)CC(=O)O)c2ccccc2)c1. The molecule has 35 heavy (non-hydrogen) atoms. The molecule has 0 aliphatic carbocycles. The minimum absolute atomic E-state index is 0.0487. The number of hydrogen-bond acceptors (Lipinski definition) is 7. The minimum Gasteiger partial charge on any atom is -0.481 e. The summed E-state index contributed by atoms with van der Waals surface area (Å²) in [5.74, 6) is -5.02. The number of rotatable bonds is 12. The number of carboxylic acid groups (broad SMARTS) is 2. The van der Waals surface area contributed by atoms with Crippen molar-refractivity contribution >= 4 is 41.0 Å². The lowest BCUT2D eigenvalue weighted by molar-refractivity contribution is -0.140. The topological polar surface area (TPSA) is 205 Å². The Morgan fingerprint density at radius 1 is 0.971 bits per heavy atom. The average Bonchev–Trinajstić information content (AvgIpc) is 2.82. The van der Waals surface area contributed by atoms with Gasteiger partial charge in [-0.2, -0.15) is 0 Å². The number of urea groups is 1. The van der Waals surface area contributed by atoms with E-state index in [1.54, 1.807) is 6.07 Å². The Balaban J connectivity index is 2.40. The van der Waals surface area contributed by atoms with Crippen LogP contribution in [0, 0.1) is 0 Å². The highest BCUT2D eigenvalue weighted by molar-refractivity contribution is 6.19. The van der Waals surface area contributed by atoms with Gasteiger partial charge in [-0.25, -0.2) is 9.59 Å². The molecular weight excluding hydrogens is 458 g/mol. The van der Waals surface area contributed by atoms with Crippen LogP contribution in [0.4, 0.5) is 16.2 Å². The number of anilines is 2. The van der Waals surface area contributed by atoms with Crippen LogP contribution in [-0.4, -0.2) is 65.0 Å². The van der Waals surface area contributed by atoms with Crippen LogP contribution in [0.1, 0.15) is 23.2 Å². The average molecular weight is 485 g/mol. The summed E-state index contributed by atoms with van der Waals surface area (Å²) < 4.78 is 0. The summed E-state index contributed by atoms with van der Waals surface area (Å²) in [7, 11) is 0. The molecule has 3 amide bonds. The smallest absolute Gasteiger partial charge is 0.335 e. The number of ketones is 1. The van der Waals surface area contributed by atoms with Crippen molar-refractivity contribution in [1.82, 2.24) is 5.32 Å². The van der Waals surface area contributed by atoms with E-state index < -0.39 is 48.2 Å². The molecule has 2 rings (SSSR count). The standard InChI is InChI=1S/C23H27N5O7/c24-10-5-11-26-23(35)27-15-7-4-6-14(12-15)20(31)19(22(33)34)28(16-8-2-1-3-9-16)21(32)17(25)13-18(29)30/h1-4,6-9,12,17,19H,5,10-11,13,24-25H2,(H,29,30)(H,33,34)(H2,26,27,35)/t17-,19-/m0/s1. The van der Waals surface area contributed by atoms with Crippen LogP contribution in [0.2, 0.25) is 0 Å². The third kappa shape index (κ3) is 7.62. The molecule has 0 fully saturated rings. The molecular formula is C23H27N5O7. The zero-order valence-electron chi connectivity index (χ0n) is 18.7. The number of hydrogen-bond donors (Lipinski definition) is 6. The number of nitrogens with zero attached hydrogens (tertiary/aromatic N) is 1. The first-order valence-electron chi connectivity index (χ1n) is 10.6. The number of Topliss-reactive ketones (excluding diaryl/α,β-unsaturated/α-hetero) is 1.